The summed E-state index contributed by atoms with van der Waals surface area (Å²) in [5, 5.41) is 3.49. The molecule has 1 unspecified atom stereocenters. The van der Waals surface area contributed by atoms with E-state index in [-0.39, 0.29) is 0 Å². The van der Waals surface area contributed by atoms with E-state index in [9.17, 15) is 13.2 Å². The van der Waals surface area contributed by atoms with Gasteiger partial charge in [0.1, 0.15) is 0 Å². The second-order valence-corrected chi connectivity index (χ2v) is 6.13. The molecule has 0 saturated carbocycles. The van der Waals surface area contributed by atoms with Crippen LogP contribution in [0, 0.1) is 5.92 Å². The highest BCUT2D eigenvalue weighted by Crippen LogP contribution is 2.32. The fourth-order valence-corrected chi connectivity index (χ4v) is 2.84. The maximum absolute atomic E-state index is 12.8. The second-order valence-electron chi connectivity index (χ2n) is 6.13. The third-order valence-corrected chi connectivity index (χ3v) is 3.77. The normalized spacial score (nSPS) is 20.7. The van der Waals surface area contributed by atoms with Gasteiger partial charge in [-0.1, -0.05) is 19.9 Å². The molecule has 1 N–H and O–H groups in total. The van der Waals surface area contributed by atoms with Crippen LogP contribution in [0.3, 0.4) is 0 Å². The average molecular weight is 300 g/mol. The molecule has 1 aromatic rings. The zero-order valence-corrected chi connectivity index (χ0v) is 12.6. The van der Waals surface area contributed by atoms with Crippen LogP contribution in [-0.4, -0.2) is 25.7 Å². The molecule has 1 atom stereocenters. The van der Waals surface area contributed by atoms with Crippen molar-refractivity contribution in [1.29, 1.82) is 0 Å². The van der Waals surface area contributed by atoms with E-state index in [0.29, 0.717) is 17.6 Å². The van der Waals surface area contributed by atoms with Gasteiger partial charge in [0.05, 0.1) is 5.56 Å². The molecule has 2 nitrogen and oxygen atoms in total. The molecule has 2 rings (SSSR count). The molecule has 1 heterocycles. The van der Waals surface area contributed by atoms with E-state index in [1.54, 1.807) is 6.07 Å². The van der Waals surface area contributed by atoms with E-state index in [2.05, 4.69) is 24.1 Å². The fraction of sp³-hybridized carbons (Fsp3) is 0.625. The minimum absolute atomic E-state index is 0.335. The Balaban J connectivity index is 2.15. The van der Waals surface area contributed by atoms with Crippen LogP contribution in [0.5, 0.6) is 0 Å². The summed E-state index contributed by atoms with van der Waals surface area (Å²) in [5.74, 6) is 0.573. The third kappa shape index (κ3) is 4.63. The van der Waals surface area contributed by atoms with Crippen LogP contribution in [0.4, 0.5) is 18.9 Å². The summed E-state index contributed by atoms with van der Waals surface area (Å²) in [7, 11) is 0. The topological polar surface area (TPSA) is 15.3 Å². The van der Waals surface area contributed by atoms with Gasteiger partial charge in [-0.3, -0.25) is 0 Å². The Morgan fingerprint density at radius 1 is 1.33 bits per heavy atom. The van der Waals surface area contributed by atoms with Gasteiger partial charge in [0.25, 0.3) is 0 Å². The van der Waals surface area contributed by atoms with E-state index in [0.717, 1.165) is 38.5 Å². The first-order chi connectivity index (χ1) is 9.86. The maximum Gasteiger partial charge on any atom is 0.416 e. The molecule has 1 aliphatic heterocycles. The van der Waals surface area contributed by atoms with Crippen molar-refractivity contribution in [3.8, 4) is 0 Å². The zero-order chi connectivity index (χ0) is 15.5. The molecule has 118 valence electrons. The van der Waals surface area contributed by atoms with Crippen LogP contribution in [0.1, 0.15) is 32.3 Å². The molecule has 0 aromatic heterocycles. The Morgan fingerprint density at radius 2 is 2.10 bits per heavy atom. The summed E-state index contributed by atoms with van der Waals surface area (Å²) in [5.41, 5.74) is 0.0971. The molecule has 0 amide bonds. The first-order valence-electron chi connectivity index (χ1n) is 7.52. The molecule has 1 saturated heterocycles. The number of benzene rings is 1. The Kier molecular flexibility index (Phi) is 5.14. The van der Waals surface area contributed by atoms with Crippen molar-refractivity contribution in [2.45, 2.75) is 38.9 Å². The highest BCUT2D eigenvalue weighted by molar-refractivity contribution is 5.49. The first kappa shape index (κ1) is 16.1. The standard InChI is InChI=1S/C16H23F3N2/c1-12(2)9-14-11-21(8-4-7-20-14)15-6-3-5-13(10-15)16(17,18)19/h3,5-6,10,12,14,20H,4,7-9,11H2,1-2H3. The predicted molar refractivity (Wildman–Crippen MR) is 79.5 cm³/mol. The van der Waals surface area contributed by atoms with Crippen LogP contribution in [0.25, 0.3) is 0 Å². The molecular formula is C16H23F3N2. The van der Waals surface area contributed by atoms with Crippen LogP contribution >= 0.6 is 0 Å². The fourth-order valence-electron chi connectivity index (χ4n) is 2.84. The van der Waals surface area contributed by atoms with E-state index in [4.69, 9.17) is 0 Å². The number of nitrogens with one attached hydrogen (secondary N) is 1. The second kappa shape index (κ2) is 6.69. The van der Waals surface area contributed by atoms with Crippen LogP contribution in [0.2, 0.25) is 0 Å². The lowest BCUT2D eigenvalue weighted by molar-refractivity contribution is -0.137. The minimum Gasteiger partial charge on any atom is -0.370 e. The maximum atomic E-state index is 12.8. The number of hydrogen-bond donors (Lipinski definition) is 1. The number of rotatable bonds is 3. The van der Waals surface area contributed by atoms with Crippen molar-refractivity contribution in [3.05, 3.63) is 29.8 Å². The number of hydrogen-bond acceptors (Lipinski definition) is 2. The summed E-state index contributed by atoms with van der Waals surface area (Å²) < 4.78 is 38.5. The third-order valence-electron chi connectivity index (χ3n) is 3.77. The molecule has 5 heteroatoms. The summed E-state index contributed by atoms with van der Waals surface area (Å²) in [6, 6.07) is 5.99. The van der Waals surface area contributed by atoms with Crippen LogP contribution in [-0.2, 0) is 6.18 Å². The Labute approximate surface area is 124 Å². The average Bonchev–Trinajstić information content (AvgIpc) is 2.63. The van der Waals surface area contributed by atoms with Crippen LogP contribution < -0.4 is 10.2 Å². The predicted octanol–water partition coefficient (Wildman–Crippen LogP) is 3.92. The van der Waals surface area contributed by atoms with Crippen molar-refractivity contribution < 1.29 is 13.2 Å². The molecule has 1 aromatic carbocycles. The number of alkyl halides is 3. The summed E-state index contributed by atoms with van der Waals surface area (Å²) >= 11 is 0. The van der Waals surface area contributed by atoms with Gasteiger partial charge in [0.2, 0.25) is 0 Å². The van der Waals surface area contributed by atoms with E-state index in [1.807, 2.05) is 0 Å². The van der Waals surface area contributed by atoms with Crippen molar-refractivity contribution in [2.24, 2.45) is 5.92 Å². The van der Waals surface area contributed by atoms with Crippen molar-refractivity contribution in [2.75, 3.05) is 24.5 Å². The summed E-state index contributed by atoms with van der Waals surface area (Å²) in [6.45, 7) is 6.82. The monoisotopic (exact) mass is 300 g/mol. The number of halogens is 3. The highest BCUT2D eigenvalue weighted by Gasteiger charge is 2.31. The van der Waals surface area contributed by atoms with Crippen molar-refractivity contribution in [3.63, 3.8) is 0 Å². The molecular weight excluding hydrogens is 277 g/mol. The first-order valence-corrected chi connectivity index (χ1v) is 7.52. The van der Waals surface area contributed by atoms with Gasteiger partial charge in [-0.2, -0.15) is 13.2 Å². The number of anilines is 1. The Bertz CT molecular complexity index is 457. The van der Waals surface area contributed by atoms with Gasteiger partial charge in [-0.25, -0.2) is 0 Å². The largest absolute Gasteiger partial charge is 0.416 e. The van der Waals surface area contributed by atoms with E-state index < -0.39 is 11.7 Å². The lowest BCUT2D eigenvalue weighted by atomic mass is 10.0. The molecule has 0 spiro atoms. The minimum atomic E-state index is -4.28. The lowest BCUT2D eigenvalue weighted by Crippen LogP contribution is -2.38. The zero-order valence-electron chi connectivity index (χ0n) is 12.6. The smallest absolute Gasteiger partial charge is 0.370 e. The molecule has 1 fully saturated rings. The quantitative estimate of drug-likeness (QED) is 0.910. The molecule has 0 radical (unpaired) electrons. The van der Waals surface area contributed by atoms with Crippen molar-refractivity contribution in [1.82, 2.24) is 5.32 Å². The van der Waals surface area contributed by atoms with Gasteiger partial charge in [0.15, 0.2) is 0 Å². The Hall–Kier alpha value is -1.23. The molecule has 21 heavy (non-hydrogen) atoms. The van der Waals surface area contributed by atoms with Gasteiger partial charge in [-0.05, 0) is 43.5 Å². The van der Waals surface area contributed by atoms with Gasteiger partial charge in [0, 0.05) is 24.8 Å². The summed E-state index contributed by atoms with van der Waals surface area (Å²) in [6.07, 6.45) is -2.29. The number of nitrogens with zero attached hydrogens (tertiary/aromatic N) is 1. The van der Waals surface area contributed by atoms with E-state index >= 15 is 0 Å². The molecule has 0 bridgehead atoms. The van der Waals surface area contributed by atoms with Crippen LogP contribution in [0.15, 0.2) is 24.3 Å². The van der Waals surface area contributed by atoms with Crippen molar-refractivity contribution >= 4 is 5.69 Å². The van der Waals surface area contributed by atoms with Gasteiger partial charge >= 0.3 is 6.18 Å². The highest BCUT2D eigenvalue weighted by atomic mass is 19.4. The SMILES string of the molecule is CC(C)CC1CN(c2cccc(C(F)(F)F)c2)CCCN1. The summed E-state index contributed by atoms with van der Waals surface area (Å²) in [4.78, 5) is 2.07. The van der Waals surface area contributed by atoms with Gasteiger partial charge < -0.3 is 10.2 Å². The van der Waals surface area contributed by atoms with Gasteiger partial charge in [-0.15, -0.1) is 0 Å². The Morgan fingerprint density at radius 3 is 2.76 bits per heavy atom. The lowest BCUT2D eigenvalue weighted by Gasteiger charge is -2.28. The molecule has 0 aliphatic carbocycles. The van der Waals surface area contributed by atoms with E-state index in [1.165, 1.54) is 12.1 Å². The molecule has 1 aliphatic rings.